The number of hydrogen-bond acceptors (Lipinski definition) is 6. The average molecular weight is 535 g/mol. The van der Waals surface area contributed by atoms with E-state index in [1.807, 2.05) is 64.1 Å². The van der Waals surface area contributed by atoms with Gasteiger partial charge in [-0.25, -0.2) is 4.99 Å². The zero-order valence-electron chi connectivity index (χ0n) is 22.9. The van der Waals surface area contributed by atoms with Crippen LogP contribution in [0.3, 0.4) is 0 Å². The highest BCUT2D eigenvalue weighted by Crippen LogP contribution is 2.27. The molecule has 36 heavy (non-hydrogen) atoms. The molecule has 0 radical (unpaired) electrons. The largest absolute Gasteiger partial charge is 0.458 e. The number of aliphatic imine (C=N–C) groups is 2. The first-order valence-electron chi connectivity index (χ1n) is 12.6. The van der Waals surface area contributed by atoms with Gasteiger partial charge in [0, 0.05) is 41.0 Å². The quantitative estimate of drug-likeness (QED) is 0.215. The second-order valence-electron chi connectivity index (χ2n) is 9.49. The van der Waals surface area contributed by atoms with E-state index in [-0.39, 0.29) is 17.6 Å². The van der Waals surface area contributed by atoms with Gasteiger partial charge in [-0.1, -0.05) is 68.8 Å². The summed E-state index contributed by atoms with van der Waals surface area (Å²) in [6, 6.07) is 8.22. The van der Waals surface area contributed by atoms with Crippen LogP contribution in [0.5, 0.6) is 0 Å². The van der Waals surface area contributed by atoms with Crippen LogP contribution < -0.4 is 0 Å². The van der Waals surface area contributed by atoms with Crippen LogP contribution in [-0.2, 0) is 4.74 Å². The molecule has 0 spiro atoms. The minimum absolute atomic E-state index is 0.0438. The molecule has 1 aromatic carbocycles. The number of hydrogen-bond donors (Lipinski definition) is 0. The van der Waals surface area contributed by atoms with Crippen LogP contribution in [0.25, 0.3) is 0 Å². The standard InChI is InChI=1S/C26H35Cl2N5O.C2H6/c1-7-20(11-10-14-27)18(2)24(22-12-8-9-13-23(22)28)31-33-17-29-19(3)30-25(33)34-21-15-32(16-21)26(4,5)6;1-2/h7-13,18,21H,14-17H2,1-6H3;1-2H3/b11-10-,20-7+,31-24+;. The molecule has 8 heteroatoms. The Hall–Kier alpha value is -2.15. The van der Waals surface area contributed by atoms with Crippen LogP contribution in [0.1, 0.15) is 61.0 Å². The molecule has 2 aliphatic rings. The van der Waals surface area contributed by atoms with Gasteiger partial charge in [-0.15, -0.1) is 11.6 Å². The van der Waals surface area contributed by atoms with E-state index in [1.165, 1.54) is 0 Å². The maximum atomic E-state index is 6.61. The molecule has 0 saturated carbocycles. The van der Waals surface area contributed by atoms with E-state index in [1.54, 1.807) is 5.01 Å². The summed E-state index contributed by atoms with van der Waals surface area (Å²) in [5, 5.41) is 7.40. The third-order valence-corrected chi connectivity index (χ3v) is 6.51. The molecular weight excluding hydrogens is 493 g/mol. The van der Waals surface area contributed by atoms with Crippen molar-refractivity contribution in [2.45, 2.75) is 67.0 Å². The summed E-state index contributed by atoms with van der Waals surface area (Å²) >= 11 is 12.5. The second-order valence-corrected chi connectivity index (χ2v) is 10.2. The first kappa shape index (κ1) is 30.1. The van der Waals surface area contributed by atoms with Gasteiger partial charge in [-0.3, -0.25) is 4.90 Å². The Bertz CT molecular complexity index is 1020. The molecule has 1 fully saturated rings. The molecule has 1 aromatic rings. The zero-order chi connectivity index (χ0) is 26.9. The van der Waals surface area contributed by atoms with Gasteiger partial charge < -0.3 is 4.74 Å². The SMILES string of the molecule is C/C=C(\C=C/CCl)C(C)/C(=N\N1CN=C(C)N=C1OC1CN(C(C)(C)C)C1)c1ccccc1Cl.CC. The number of benzene rings is 1. The molecule has 0 aromatic heterocycles. The Kier molecular flexibility index (Phi) is 11.7. The number of alkyl halides is 1. The molecule has 3 rings (SSSR count). The lowest BCUT2D eigenvalue weighted by Crippen LogP contribution is -2.60. The molecule has 0 N–H and O–H groups in total. The third kappa shape index (κ3) is 7.92. The number of hydrazone groups is 1. The van der Waals surface area contributed by atoms with E-state index in [0.717, 1.165) is 29.9 Å². The van der Waals surface area contributed by atoms with Crippen LogP contribution in [0, 0.1) is 5.92 Å². The fourth-order valence-electron chi connectivity index (χ4n) is 3.83. The number of allylic oxidation sites excluding steroid dienone is 4. The highest BCUT2D eigenvalue weighted by atomic mass is 35.5. The van der Waals surface area contributed by atoms with E-state index in [9.17, 15) is 0 Å². The molecule has 0 amide bonds. The molecule has 198 valence electrons. The molecule has 0 aliphatic carbocycles. The number of nitrogens with zero attached hydrogens (tertiary/aromatic N) is 5. The predicted molar refractivity (Wildman–Crippen MR) is 156 cm³/mol. The van der Waals surface area contributed by atoms with Gasteiger partial charge in [0.2, 0.25) is 0 Å². The molecule has 6 nitrogen and oxygen atoms in total. The first-order valence-corrected chi connectivity index (χ1v) is 13.6. The van der Waals surface area contributed by atoms with E-state index in [0.29, 0.717) is 29.4 Å². The molecule has 1 atom stereocenters. The van der Waals surface area contributed by atoms with E-state index in [4.69, 9.17) is 33.0 Å². The third-order valence-electron chi connectivity index (χ3n) is 6.00. The van der Waals surface area contributed by atoms with Crippen molar-refractivity contribution in [1.29, 1.82) is 0 Å². The van der Waals surface area contributed by atoms with Crippen molar-refractivity contribution in [1.82, 2.24) is 9.91 Å². The summed E-state index contributed by atoms with van der Waals surface area (Å²) < 4.78 is 6.30. The first-order chi connectivity index (χ1) is 17.1. The van der Waals surface area contributed by atoms with Crippen molar-refractivity contribution in [3.8, 4) is 0 Å². The summed E-state index contributed by atoms with van der Waals surface area (Å²) in [7, 11) is 0. The van der Waals surface area contributed by atoms with Crippen molar-refractivity contribution in [2.75, 3.05) is 25.6 Å². The molecule has 1 unspecified atom stereocenters. The average Bonchev–Trinajstić information content (AvgIpc) is 2.82. The second kappa shape index (κ2) is 14.0. The van der Waals surface area contributed by atoms with E-state index >= 15 is 0 Å². The van der Waals surface area contributed by atoms with Gasteiger partial charge in [0.05, 0.1) is 5.71 Å². The monoisotopic (exact) mass is 533 g/mol. The fourth-order valence-corrected chi connectivity index (χ4v) is 4.16. The Morgan fingerprint density at radius 3 is 2.50 bits per heavy atom. The molecular formula is C28H41Cl2N5O. The normalized spacial score (nSPS) is 18.8. The molecule has 2 aliphatic heterocycles. The number of halogens is 2. The van der Waals surface area contributed by atoms with Crippen LogP contribution in [0.15, 0.2) is 63.2 Å². The number of ether oxygens (including phenoxy) is 1. The Morgan fingerprint density at radius 1 is 1.25 bits per heavy atom. The van der Waals surface area contributed by atoms with Crippen molar-refractivity contribution >= 4 is 40.8 Å². The summed E-state index contributed by atoms with van der Waals surface area (Å²) in [5.74, 6) is 1.08. The van der Waals surface area contributed by atoms with Crippen LogP contribution in [-0.4, -0.2) is 64.8 Å². The minimum Gasteiger partial charge on any atom is -0.458 e. The van der Waals surface area contributed by atoms with Crippen molar-refractivity contribution < 1.29 is 4.74 Å². The van der Waals surface area contributed by atoms with E-state index in [2.05, 4.69) is 48.7 Å². The zero-order valence-corrected chi connectivity index (χ0v) is 24.4. The van der Waals surface area contributed by atoms with Crippen molar-refractivity contribution in [3.05, 3.63) is 58.7 Å². The van der Waals surface area contributed by atoms with Crippen molar-refractivity contribution in [3.63, 3.8) is 0 Å². The van der Waals surface area contributed by atoms with Crippen LogP contribution in [0.2, 0.25) is 5.02 Å². The lowest BCUT2D eigenvalue weighted by atomic mass is 9.90. The van der Waals surface area contributed by atoms with Gasteiger partial charge in [0.25, 0.3) is 0 Å². The lowest BCUT2D eigenvalue weighted by molar-refractivity contribution is -0.0480. The van der Waals surface area contributed by atoms with Crippen molar-refractivity contribution in [2.24, 2.45) is 21.0 Å². The molecule has 0 bridgehead atoms. The smallest absolute Gasteiger partial charge is 0.317 e. The van der Waals surface area contributed by atoms with Gasteiger partial charge >= 0.3 is 6.02 Å². The maximum absolute atomic E-state index is 6.61. The highest BCUT2D eigenvalue weighted by Gasteiger charge is 2.37. The topological polar surface area (TPSA) is 52.8 Å². The molecule has 2 heterocycles. The number of likely N-dealkylation sites (tertiary alicyclic amines) is 1. The molecule has 1 saturated heterocycles. The fraction of sp³-hybridized carbons (Fsp3) is 0.536. The summed E-state index contributed by atoms with van der Waals surface area (Å²) in [6.07, 6.45) is 6.10. The van der Waals surface area contributed by atoms with Gasteiger partial charge in [-0.05, 0) is 46.3 Å². The number of amidine groups is 2. The van der Waals surface area contributed by atoms with Gasteiger partial charge in [0.15, 0.2) is 0 Å². The summed E-state index contributed by atoms with van der Waals surface area (Å²) in [5.41, 5.74) is 2.89. The Morgan fingerprint density at radius 2 is 1.92 bits per heavy atom. The van der Waals surface area contributed by atoms with Crippen LogP contribution in [0.4, 0.5) is 0 Å². The van der Waals surface area contributed by atoms with Gasteiger partial charge in [-0.2, -0.15) is 15.1 Å². The van der Waals surface area contributed by atoms with E-state index < -0.39 is 0 Å². The Labute approximate surface area is 227 Å². The minimum atomic E-state index is -0.0438. The summed E-state index contributed by atoms with van der Waals surface area (Å²) in [4.78, 5) is 11.5. The Balaban J connectivity index is 0.00000222. The highest BCUT2D eigenvalue weighted by molar-refractivity contribution is 6.34. The van der Waals surface area contributed by atoms with Crippen LogP contribution >= 0.6 is 23.2 Å². The summed E-state index contributed by atoms with van der Waals surface area (Å²) in [6.45, 7) is 18.7. The lowest BCUT2D eigenvalue weighted by Gasteiger charge is -2.47. The van der Waals surface area contributed by atoms with Gasteiger partial charge in [0.1, 0.15) is 18.6 Å². The number of rotatable bonds is 7. The maximum Gasteiger partial charge on any atom is 0.317 e. The predicted octanol–water partition coefficient (Wildman–Crippen LogP) is 6.99.